The van der Waals surface area contributed by atoms with Gasteiger partial charge in [0, 0.05) is 33.8 Å². The Morgan fingerprint density at radius 3 is 2.61 bits per heavy atom. The highest BCUT2D eigenvalue weighted by Gasteiger charge is 2.27. The third-order valence-electron chi connectivity index (χ3n) is 5.02. The number of fused-ring (bicyclic) bond motifs is 1. The fourth-order valence-electron chi connectivity index (χ4n) is 3.55. The number of nitrogens with two attached hydrogens (primary N) is 1. The predicted molar refractivity (Wildman–Crippen MR) is 110 cm³/mol. The normalized spacial score (nSPS) is 12.0. The van der Waals surface area contributed by atoms with Crippen molar-refractivity contribution in [2.75, 3.05) is 7.11 Å². The van der Waals surface area contributed by atoms with E-state index < -0.39 is 0 Å². The molecule has 1 heterocycles. The molecule has 4 aromatic rings. The van der Waals surface area contributed by atoms with Gasteiger partial charge in [0.05, 0.1) is 7.11 Å². The number of Topliss-reactive ketones (excluding diaryl/α,β-unsaturated/α-hetero) is 1. The van der Waals surface area contributed by atoms with Gasteiger partial charge >= 0.3 is 0 Å². The summed E-state index contributed by atoms with van der Waals surface area (Å²) in [5.41, 5.74) is 3.82. The van der Waals surface area contributed by atoms with Gasteiger partial charge in [-0.2, -0.15) is 0 Å². The second kappa shape index (κ2) is 8.11. The molecule has 0 aliphatic rings. The highest BCUT2D eigenvalue weighted by Crippen LogP contribution is 2.23. The molecular weight excluding hydrogens is 348 g/mol. The summed E-state index contributed by atoms with van der Waals surface area (Å²) in [6.45, 7) is 0.685. The molecule has 3 aromatic carbocycles. The molecular formula is C24H23N2O2+. The molecule has 4 rings (SSSR count). The molecule has 4 nitrogen and oxygen atoms in total. The highest BCUT2D eigenvalue weighted by molar-refractivity contribution is 6.09. The number of rotatable bonds is 7. The van der Waals surface area contributed by atoms with Crippen LogP contribution in [0.5, 0.6) is 5.75 Å². The van der Waals surface area contributed by atoms with Gasteiger partial charge in [-0.05, 0) is 18.2 Å². The van der Waals surface area contributed by atoms with Crippen molar-refractivity contribution in [1.29, 1.82) is 0 Å². The molecule has 0 fully saturated rings. The van der Waals surface area contributed by atoms with Crippen LogP contribution in [-0.4, -0.2) is 17.9 Å². The number of nitrogens with one attached hydrogen (secondary N) is 1. The molecule has 0 spiro atoms. The van der Waals surface area contributed by atoms with Crippen molar-refractivity contribution in [2.24, 2.45) is 0 Å². The molecule has 140 valence electrons. The standard InChI is InChI=1S/C24H22N2O2/c1-28-19-11-7-8-17(14-19)15-26-23(18-9-3-2-4-10-18)24(27)21-16-25-22-13-6-5-12-20(21)22/h2-14,16,23,25-26H,15H2,1H3/p+1/t23-/m1/s1. The lowest BCUT2D eigenvalue weighted by Crippen LogP contribution is -2.85. The number of carbonyl (C=O) groups is 1. The van der Waals surface area contributed by atoms with Crippen molar-refractivity contribution >= 4 is 16.7 Å². The smallest absolute Gasteiger partial charge is 0.226 e. The van der Waals surface area contributed by atoms with Crippen molar-refractivity contribution in [1.82, 2.24) is 4.98 Å². The molecule has 0 radical (unpaired) electrons. The van der Waals surface area contributed by atoms with Gasteiger partial charge in [-0.15, -0.1) is 0 Å². The molecule has 0 bridgehead atoms. The van der Waals surface area contributed by atoms with E-state index in [1.54, 1.807) is 7.11 Å². The fraction of sp³-hybridized carbons (Fsp3) is 0.125. The van der Waals surface area contributed by atoms with E-state index in [2.05, 4.69) is 16.4 Å². The average Bonchev–Trinajstić information content (AvgIpc) is 3.19. The van der Waals surface area contributed by atoms with Crippen LogP contribution >= 0.6 is 0 Å². The molecule has 0 saturated carbocycles. The lowest BCUT2D eigenvalue weighted by atomic mass is 9.96. The first-order chi connectivity index (χ1) is 13.8. The van der Waals surface area contributed by atoms with Crippen LogP contribution in [0, 0.1) is 0 Å². The number of quaternary nitrogens is 1. The Morgan fingerprint density at radius 2 is 1.79 bits per heavy atom. The maximum Gasteiger partial charge on any atom is 0.226 e. The number of carbonyl (C=O) groups excluding carboxylic acids is 1. The third kappa shape index (κ3) is 3.68. The quantitative estimate of drug-likeness (QED) is 0.485. The SMILES string of the molecule is COc1cccc(C[NH2+][C@@H](C(=O)c2c[nH]c3ccccc23)c2ccccc2)c1. The highest BCUT2D eigenvalue weighted by atomic mass is 16.5. The number of para-hydroxylation sites is 1. The minimum Gasteiger partial charge on any atom is -0.497 e. The Balaban J connectivity index is 1.64. The Kier molecular flexibility index (Phi) is 5.22. The molecule has 0 aliphatic carbocycles. The van der Waals surface area contributed by atoms with E-state index in [0.717, 1.165) is 33.3 Å². The zero-order valence-electron chi connectivity index (χ0n) is 15.8. The summed E-state index contributed by atoms with van der Waals surface area (Å²) < 4.78 is 5.32. The van der Waals surface area contributed by atoms with Gasteiger partial charge in [-0.3, -0.25) is 4.79 Å². The third-order valence-corrected chi connectivity index (χ3v) is 5.02. The molecule has 28 heavy (non-hydrogen) atoms. The molecule has 1 atom stereocenters. The average molecular weight is 371 g/mol. The number of H-pyrrole nitrogens is 1. The van der Waals surface area contributed by atoms with Crippen molar-refractivity contribution in [3.63, 3.8) is 0 Å². The zero-order valence-corrected chi connectivity index (χ0v) is 15.8. The number of ether oxygens (including phenoxy) is 1. The number of hydrogen-bond acceptors (Lipinski definition) is 2. The van der Waals surface area contributed by atoms with E-state index in [9.17, 15) is 4.79 Å². The largest absolute Gasteiger partial charge is 0.497 e. The summed E-state index contributed by atoms with van der Waals surface area (Å²) in [5, 5.41) is 3.05. The molecule has 0 unspecified atom stereocenters. The van der Waals surface area contributed by atoms with Crippen LogP contribution in [0.4, 0.5) is 0 Å². The number of aromatic nitrogens is 1. The molecule has 1 aromatic heterocycles. The van der Waals surface area contributed by atoms with E-state index in [0.29, 0.717) is 6.54 Å². The van der Waals surface area contributed by atoms with E-state index in [1.807, 2.05) is 79.0 Å². The lowest BCUT2D eigenvalue weighted by Gasteiger charge is -2.15. The number of aromatic amines is 1. The fourth-order valence-corrected chi connectivity index (χ4v) is 3.55. The molecule has 0 saturated heterocycles. The minimum absolute atomic E-state index is 0.103. The van der Waals surface area contributed by atoms with E-state index in [-0.39, 0.29) is 11.8 Å². The van der Waals surface area contributed by atoms with Crippen molar-refractivity contribution in [3.05, 3.63) is 102 Å². The number of hydrogen-bond donors (Lipinski definition) is 2. The second-order valence-corrected chi connectivity index (χ2v) is 6.79. The number of ketones is 1. The molecule has 0 amide bonds. The Bertz CT molecular complexity index is 1090. The van der Waals surface area contributed by atoms with Gasteiger partial charge in [-0.1, -0.05) is 60.7 Å². The van der Waals surface area contributed by atoms with E-state index in [4.69, 9.17) is 4.74 Å². The predicted octanol–water partition coefficient (Wildman–Crippen LogP) is 3.86. The van der Waals surface area contributed by atoms with Crippen molar-refractivity contribution in [2.45, 2.75) is 12.6 Å². The van der Waals surface area contributed by atoms with Crippen LogP contribution in [-0.2, 0) is 6.54 Å². The van der Waals surface area contributed by atoms with Crippen LogP contribution < -0.4 is 10.1 Å². The Labute approximate surface area is 164 Å². The first kappa shape index (κ1) is 18.0. The lowest BCUT2D eigenvalue weighted by molar-refractivity contribution is -0.697. The van der Waals surface area contributed by atoms with Gasteiger partial charge in [0.25, 0.3) is 0 Å². The maximum atomic E-state index is 13.5. The van der Waals surface area contributed by atoms with Crippen molar-refractivity contribution in [3.8, 4) is 5.75 Å². The monoisotopic (exact) mass is 371 g/mol. The second-order valence-electron chi connectivity index (χ2n) is 6.79. The van der Waals surface area contributed by atoms with Gasteiger partial charge < -0.3 is 15.0 Å². The summed E-state index contributed by atoms with van der Waals surface area (Å²) in [5.74, 6) is 0.927. The van der Waals surface area contributed by atoms with Crippen LogP contribution in [0.15, 0.2) is 85.1 Å². The number of methoxy groups -OCH3 is 1. The van der Waals surface area contributed by atoms with Crippen LogP contribution in [0.2, 0.25) is 0 Å². The first-order valence-corrected chi connectivity index (χ1v) is 9.38. The van der Waals surface area contributed by atoms with Crippen LogP contribution in [0.1, 0.15) is 27.5 Å². The summed E-state index contributed by atoms with van der Waals surface area (Å²) in [6.07, 6.45) is 1.82. The summed E-state index contributed by atoms with van der Waals surface area (Å²) >= 11 is 0. The van der Waals surface area contributed by atoms with Gasteiger partial charge in [0.15, 0.2) is 6.04 Å². The summed E-state index contributed by atoms with van der Waals surface area (Å²) in [7, 11) is 1.66. The Hall–Kier alpha value is -3.37. The van der Waals surface area contributed by atoms with Crippen LogP contribution in [0.3, 0.4) is 0 Å². The minimum atomic E-state index is -0.313. The Morgan fingerprint density at radius 1 is 1.00 bits per heavy atom. The first-order valence-electron chi connectivity index (χ1n) is 9.38. The van der Waals surface area contributed by atoms with E-state index in [1.165, 1.54) is 0 Å². The molecule has 3 N–H and O–H groups in total. The van der Waals surface area contributed by atoms with Crippen LogP contribution in [0.25, 0.3) is 10.9 Å². The molecule has 4 heteroatoms. The van der Waals surface area contributed by atoms with E-state index >= 15 is 0 Å². The summed E-state index contributed by atoms with van der Waals surface area (Å²) in [4.78, 5) is 16.7. The summed E-state index contributed by atoms with van der Waals surface area (Å²) in [6, 6.07) is 25.5. The number of benzene rings is 3. The van der Waals surface area contributed by atoms with Gasteiger partial charge in [0.1, 0.15) is 12.3 Å². The van der Waals surface area contributed by atoms with Gasteiger partial charge in [-0.25, -0.2) is 0 Å². The zero-order chi connectivity index (χ0) is 19.3. The molecule has 0 aliphatic heterocycles. The van der Waals surface area contributed by atoms with Gasteiger partial charge in [0.2, 0.25) is 5.78 Å². The van der Waals surface area contributed by atoms with Crippen molar-refractivity contribution < 1.29 is 14.8 Å². The maximum absolute atomic E-state index is 13.5. The topological polar surface area (TPSA) is 58.7 Å².